The van der Waals surface area contributed by atoms with Crippen LogP contribution in [0.3, 0.4) is 0 Å². The largest absolute Gasteiger partial charge is 0.480 e. The van der Waals surface area contributed by atoms with E-state index in [-0.39, 0.29) is 6.54 Å². The number of urea groups is 1. The van der Waals surface area contributed by atoms with Crippen LogP contribution in [-0.4, -0.2) is 23.1 Å². The quantitative estimate of drug-likeness (QED) is 0.741. The Balaban J connectivity index is 2.45. The molecule has 0 fully saturated rings. The predicted molar refractivity (Wildman–Crippen MR) is 68.2 cm³/mol. The zero-order chi connectivity index (χ0) is 14.3. The highest BCUT2D eigenvalue weighted by molar-refractivity contribution is 5.82. The van der Waals surface area contributed by atoms with Gasteiger partial charge in [-0.2, -0.15) is 5.26 Å². The van der Waals surface area contributed by atoms with Crippen molar-refractivity contribution in [1.29, 1.82) is 5.26 Å². The zero-order valence-corrected chi connectivity index (χ0v) is 10.5. The summed E-state index contributed by atoms with van der Waals surface area (Å²) in [7, 11) is 0. The molecule has 1 aromatic rings. The summed E-state index contributed by atoms with van der Waals surface area (Å²) in [6, 6.07) is 7.35. The molecule has 0 aliphatic carbocycles. The minimum atomic E-state index is -1.06. The maximum Gasteiger partial charge on any atom is 0.326 e. The normalized spacial score (nSPS) is 11.2. The van der Waals surface area contributed by atoms with Crippen LogP contribution < -0.4 is 10.6 Å². The van der Waals surface area contributed by atoms with E-state index in [1.54, 1.807) is 31.2 Å². The molecular formula is C13H15N3O3. The molecule has 19 heavy (non-hydrogen) atoms. The molecule has 6 heteroatoms. The number of nitrogens with zero attached hydrogens (tertiary/aromatic N) is 1. The van der Waals surface area contributed by atoms with Crippen LogP contribution in [-0.2, 0) is 11.3 Å². The van der Waals surface area contributed by atoms with E-state index in [1.165, 1.54) is 0 Å². The number of aliphatic carboxylic acids is 1. The Morgan fingerprint density at radius 1 is 1.37 bits per heavy atom. The molecule has 0 unspecified atom stereocenters. The fourth-order valence-electron chi connectivity index (χ4n) is 1.43. The van der Waals surface area contributed by atoms with Crippen LogP contribution in [0.4, 0.5) is 4.79 Å². The van der Waals surface area contributed by atoms with E-state index in [0.29, 0.717) is 12.0 Å². The number of hydrogen-bond acceptors (Lipinski definition) is 3. The molecule has 0 bridgehead atoms. The summed E-state index contributed by atoms with van der Waals surface area (Å²) >= 11 is 0. The number of carboxylic acid groups (broad SMARTS) is 1. The summed E-state index contributed by atoms with van der Waals surface area (Å²) in [5.74, 6) is -1.06. The number of nitriles is 1. The highest BCUT2D eigenvalue weighted by Crippen LogP contribution is 2.02. The topological polar surface area (TPSA) is 102 Å². The van der Waals surface area contributed by atoms with Gasteiger partial charge in [0.1, 0.15) is 6.04 Å². The summed E-state index contributed by atoms with van der Waals surface area (Å²) in [6.07, 6.45) is 0.319. The Kier molecular flexibility index (Phi) is 5.35. The number of rotatable bonds is 5. The summed E-state index contributed by atoms with van der Waals surface area (Å²) < 4.78 is 0. The van der Waals surface area contributed by atoms with Crippen LogP contribution in [0.15, 0.2) is 24.3 Å². The molecule has 0 spiro atoms. The summed E-state index contributed by atoms with van der Waals surface area (Å²) in [5, 5.41) is 22.3. The van der Waals surface area contributed by atoms with Crippen molar-refractivity contribution in [2.45, 2.75) is 25.9 Å². The van der Waals surface area contributed by atoms with Gasteiger partial charge in [0, 0.05) is 6.54 Å². The van der Waals surface area contributed by atoms with Crippen molar-refractivity contribution in [3.8, 4) is 6.07 Å². The van der Waals surface area contributed by atoms with Gasteiger partial charge in [0.2, 0.25) is 0 Å². The fourth-order valence-corrected chi connectivity index (χ4v) is 1.43. The van der Waals surface area contributed by atoms with Crippen LogP contribution in [0.5, 0.6) is 0 Å². The molecular weight excluding hydrogens is 246 g/mol. The standard InChI is InChI=1S/C13H15N3O3/c1-2-11(12(17)18)16-13(19)15-8-10-5-3-9(7-14)4-6-10/h3-6,11H,2,8H2,1H3,(H,17,18)(H2,15,16,19)/t11-/m0/s1. The average Bonchev–Trinajstić information content (AvgIpc) is 2.42. The second kappa shape index (κ2) is 7.01. The molecule has 1 rings (SSSR count). The maximum atomic E-state index is 11.5. The van der Waals surface area contributed by atoms with Gasteiger partial charge in [-0.3, -0.25) is 0 Å². The third-order valence-corrected chi connectivity index (χ3v) is 2.55. The van der Waals surface area contributed by atoms with Gasteiger partial charge >= 0.3 is 12.0 Å². The first-order valence-electron chi connectivity index (χ1n) is 5.83. The number of hydrogen-bond donors (Lipinski definition) is 3. The minimum Gasteiger partial charge on any atom is -0.480 e. The van der Waals surface area contributed by atoms with Gasteiger partial charge in [-0.05, 0) is 24.1 Å². The third kappa shape index (κ3) is 4.68. The lowest BCUT2D eigenvalue weighted by atomic mass is 10.1. The number of carbonyl (C=O) groups is 2. The molecule has 1 aromatic carbocycles. The van der Waals surface area contributed by atoms with Crippen molar-refractivity contribution in [3.05, 3.63) is 35.4 Å². The van der Waals surface area contributed by atoms with Crippen molar-refractivity contribution in [2.75, 3.05) is 0 Å². The first kappa shape index (κ1) is 14.5. The van der Waals surface area contributed by atoms with E-state index in [0.717, 1.165) is 5.56 Å². The SMILES string of the molecule is CC[C@H](NC(=O)NCc1ccc(C#N)cc1)C(=O)O. The smallest absolute Gasteiger partial charge is 0.326 e. The molecule has 1 atom stereocenters. The highest BCUT2D eigenvalue weighted by Gasteiger charge is 2.16. The molecule has 3 N–H and O–H groups in total. The summed E-state index contributed by atoms with van der Waals surface area (Å²) in [5.41, 5.74) is 1.38. The Labute approximate surface area is 111 Å². The van der Waals surface area contributed by atoms with E-state index in [4.69, 9.17) is 10.4 Å². The van der Waals surface area contributed by atoms with E-state index >= 15 is 0 Å². The molecule has 0 heterocycles. The summed E-state index contributed by atoms with van der Waals surface area (Å²) in [6.45, 7) is 1.95. The van der Waals surface area contributed by atoms with Gasteiger partial charge in [0.15, 0.2) is 0 Å². The zero-order valence-electron chi connectivity index (χ0n) is 10.5. The van der Waals surface area contributed by atoms with Crippen molar-refractivity contribution in [2.24, 2.45) is 0 Å². The number of amides is 2. The van der Waals surface area contributed by atoms with Gasteiger partial charge in [0.05, 0.1) is 11.6 Å². The van der Waals surface area contributed by atoms with E-state index in [2.05, 4.69) is 10.6 Å². The second-order valence-electron chi connectivity index (χ2n) is 3.93. The second-order valence-corrected chi connectivity index (χ2v) is 3.93. The first-order chi connectivity index (χ1) is 9.06. The monoisotopic (exact) mass is 261 g/mol. The molecule has 100 valence electrons. The molecule has 0 saturated carbocycles. The lowest BCUT2D eigenvalue weighted by molar-refractivity contribution is -0.139. The molecule has 0 aromatic heterocycles. The minimum absolute atomic E-state index is 0.271. The van der Waals surface area contributed by atoms with Crippen molar-refractivity contribution >= 4 is 12.0 Å². The van der Waals surface area contributed by atoms with Crippen LogP contribution in [0.25, 0.3) is 0 Å². The van der Waals surface area contributed by atoms with E-state index < -0.39 is 18.0 Å². The first-order valence-corrected chi connectivity index (χ1v) is 5.83. The Hall–Kier alpha value is -2.55. The predicted octanol–water partition coefficient (Wildman–Crippen LogP) is 1.22. The molecule has 0 saturated heterocycles. The maximum absolute atomic E-state index is 11.5. The molecule has 0 aliphatic heterocycles. The lowest BCUT2D eigenvalue weighted by Gasteiger charge is -2.13. The van der Waals surface area contributed by atoms with Crippen LogP contribution >= 0.6 is 0 Å². The van der Waals surface area contributed by atoms with E-state index in [9.17, 15) is 9.59 Å². The van der Waals surface area contributed by atoms with Gasteiger partial charge < -0.3 is 15.7 Å². The van der Waals surface area contributed by atoms with Crippen molar-refractivity contribution in [1.82, 2.24) is 10.6 Å². The molecule has 0 aliphatic rings. The molecule has 6 nitrogen and oxygen atoms in total. The number of carbonyl (C=O) groups excluding carboxylic acids is 1. The Morgan fingerprint density at radius 2 is 2.00 bits per heavy atom. The highest BCUT2D eigenvalue weighted by atomic mass is 16.4. The van der Waals surface area contributed by atoms with Crippen molar-refractivity contribution < 1.29 is 14.7 Å². The molecule has 2 amide bonds. The lowest BCUT2D eigenvalue weighted by Crippen LogP contribution is -2.45. The van der Waals surface area contributed by atoms with Gasteiger partial charge in [-0.25, -0.2) is 9.59 Å². The molecule has 0 radical (unpaired) electrons. The van der Waals surface area contributed by atoms with Crippen molar-refractivity contribution in [3.63, 3.8) is 0 Å². The Morgan fingerprint density at radius 3 is 2.47 bits per heavy atom. The number of benzene rings is 1. The average molecular weight is 261 g/mol. The van der Waals surface area contributed by atoms with Gasteiger partial charge in [-0.1, -0.05) is 19.1 Å². The number of nitrogens with one attached hydrogen (secondary N) is 2. The third-order valence-electron chi connectivity index (χ3n) is 2.55. The van der Waals surface area contributed by atoms with Crippen LogP contribution in [0.1, 0.15) is 24.5 Å². The van der Waals surface area contributed by atoms with Gasteiger partial charge in [0.25, 0.3) is 0 Å². The number of carboxylic acids is 1. The summed E-state index contributed by atoms with van der Waals surface area (Å²) in [4.78, 5) is 22.2. The fraction of sp³-hybridized carbons (Fsp3) is 0.308. The van der Waals surface area contributed by atoms with Crippen LogP contribution in [0, 0.1) is 11.3 Å². The van der Waals surface area contributed by atoms with Crippen LogP contribution in [0.2, 0.25) is 0 Å². The van der Waals surface area contributed by atoms with E-state index in [1.807, 2.05) is 6.07 Å². The Bertz CT molecular complexity index is 491. The van der Waals surface area contributed by atoms with Gasteiger partial charge in [-0.15, -0.1) is 0 Å².